The van der Waals surface area contributed by atoms with Crippen molar-refractivity contribution in [3.05, 3.63) is 41.2 Å². The molecule has 0 N–H and O–H groups in total. The summed E-state index contributed by atoms with van der Waals surface area (Å²) in [6.07, 6.45) is 1.44. The highest BCUT2D eigenvalue weighted by Gasteiger charge is 2.52. The van der Waals surface area contributed by atoms with Crippen LogP contribution in [0.4, 0.5) is 0 Å². The Kier molecular flexibility index (Phi) is 2.97. The normalized spacial score (nSPS) is 30.5. The van der Waals surface area contributed by atoms with Gasteiger partial charge in [-0.3, -0.25) is 4.79 Å². The fourth-order valence-corrected chi connectivity index (χ4v) is 4.43. The highest BCUT2D eigenvalue weighted by atomic mass is 16.5. The monoisotopic (exact) mass is 312 g/mol. The van der Waals surface area contributed by atoms with E-state index in [4.69, 9.17) is 9.47 Å². The van der Waals surface area contributed by atoms with Gasteiger partial charge in [0.1, 0.15) is 17.1 Å². The summed E-state index contributed by atoms with van der Waals surface area (Å²) in [4.78, 5) is 12.9. The van der Waals surface area contributed by atoms with Gasteiger partial charge in [0.2, 0.25) is 0 Å². The molecule has 2 heterocycles. The molecular weight excluding hydrogens is 288 g/mol. The minimum atomic E-state index is -0.329. The van der Waals surface area contributed by atoms with E-state index in [9.17, 15) is 4.79 Å². The van der Waals surface area contributed by atoms with Gasteiger partial charge in [-0.2, -0.15) is 0 Å². The summed E-state index contributed by atoms with van der Waals surface area (Å²) in [5.74, 6) is 2.34. The smallest absolute Gasteiger partial charge is 0.163 e. The third-order valence-electron chi connectivity index (χ3n) is 5.54. The molecule has 4 rings (SSSR count). The number of hydrogen-bond acceptors (Lipinski definition) is 3. The fourth-order valence-electron chi connectivity index (χ4n) is 4.43. The van der Waals surface area contributed by atoms with Gasteiger partial charge in [0.15, 0.2) is 5.78 Å². The number of allylic oxidation sites excluding steroid dienone is 2. The van der Waals surface area contributed by atoms with Gasteiger partial charge in [0, 0.05) is 35.8 Å². The molecule has 23 heavy (non-hydrogen) atoms. The van der Waals surface area contributed by atoms with Crippen LogP contribution in [0.15, 0.2) is 35.6 Å². The Balaban J connectivity index is 1.91. The van der Waals surface area contributed by atoms with Crippen molar-refractivity contribution >= 4 is 5.78 Å². The first kappa shape index (κ1) is 14.8. The first-order valence-electron chi connectivity index (χ1n) is 8.45. The Morgan fingerprint density at radius 2 is 1.83 bits per heavy atom. The molecule has 1 aliphatic carbocycles. The van der Waals surface area contributed by atoms with E-state index in [0.29, 0.717) is 13.0 Å². The van der Waals surface area contributed by atoms with Crippen molar-refractivity contribution in [1.82, 2.24) is 0 Å². The molecule has 1 aromatic carbocycles. The Morgan fingerprint density at radius 1 is 1.09 bits per heavy atom. The number of Topliss-reactive ketones (excluding diaryl/α,β-unsaturated/α-hetero) is 1. The molecule has 3 heteroatoms. The molecule has 0 unspecified atom stereocenters. The molecule has 2 atom stereocenters. The maximum Gasteiger partial charge on any atom is 0.163 e. The van der Waals surface area contributed by atoms with Crippen LogP contribution < -0.4 is 4.74 Å². The number of ether oxygens (including phenoxy) is 2. The van der Waals surface area contributed by atoms with Crippen molar-refractivity contribution in [1.29, 1.82) is 0 Å². The second-order valence-corrected chi connectivity index (χ2v) is 8.42. The lowest BCUT2D eigenvalue weighted by atomic mass is 9.64. The SMILES string of the molecule is CC1(C)CC(=O)C2=C(C1)OC(C)(C)[C@@H]1COc3ccccc3[C@@H]21. The van der Waals surface area contributed by atoms with Crippen LogP contribution in [0, 0.1) is 11.3 Å². The van der Waals surface area contributed by atoms with E-state index < -0.39 is 0 Å². The molecule has 0 spiro atoms. The molecule has 0 bridgehead atoms. The zero-order valence-electron chi connectivity index (χ0n) is 14.3. The molecule has 0 saturated carbocycles. The molecule has 1 aromatic rings. The average Bonchev–Trinajstić information content (AvgIpc) is 2.44. The van der Waals surface area contributed by atoms with Crippen molar-refractivity contribution in [2.45, 2.75) is 52.1 Å². The molecule has 0 amide bonds. The number of ketones is 1. The zero-order valence-corrected chi connectivity index (χ0v) is 14.3. The number of hydrogen-bond donors (Lipinski definition) is 0. The van der Waals surface area contributed by atoms with Crippen molar-refractivity contribution < 1.29 is 14.3 Å². The third kappa shape index (κ3) is 2.20. The second kappa shape index (κ2) is 4.62. The van der Waals surface area contributed by atoms with E-state index in [0.717, 1.165) is 29.1 Å². The highest BCUT2D eigenvalue weighted by Crippen LogP contribution is 2.55. The van der Waals surface area contributed by atoms with Gasteiger partial charge in [-0.05, 0) is 25.3 Å². The maximum atomic E-state index is 12.9. The standard InChI is InChI=1S/C20H24O3/c1-19(2)9-14(21)18-16(10-19)23-20(3,4)13-11-22-15-8-6-5-7-12(15)17(13)18/h5-8,13,17H,9-11H2,1-4H3/t13-,17-/m1/s1. The lowest BCUT2D eigenvalue weighted by Crippen LogP contribution is -2.50. The lowest BCUT2D eigenvalue weighted by Gasteiger charge is -2.50. The number of para-hydroxylation sites is 1. The van der Waals surface area contributed by atoms with Crippen LogP contribution in [0.3, 0.4) is 0 Å². The second-order valence-electron chi connectivity index (χ2n) is 8.42. The summed E-state index contributed by atoms with van der Waals surface area (Å²) in [5.41, 5.74) is 1.69. The number of carbonyl (C=O) groups is 1. The van der Waals surface area contributed by atoms with Crippen LogP contribution in [0.1, 0.15) is 52.0 Å². The molecule has 0 aromatic heterocycles. The Labute approximate surface area is 137 Å². The van der Waals surface area contributed by atoms with Gasteiger partial charge in [-0.1, -0.05) is 32.0 Å². The Morgan fingerprint density at radius 3 is 2.61 bits per heavy atom. The lowest BCUT2D eigenvalue weighted by molar-refractivity contribution is -0.124. The molecule has 0 radical (unpaired) electrons. The van der Waals surface area contributed by atoms with E-state index in [1.165, 1.54) is 0 Å². The van der Waals surface area contributed by atoms with Crippen molar-refractivity contribution in [2.24, 2.45) is 11.3 Å². The van der Waals surface area contributed by atoms with Crippen LogP contribution in [-0.2, 0) is 9.53 Å². The fraction of sp³-hybridized carbons (Fsp3) is 0.550. The molecule has 2 aliphatic heterocycles. The zero-order chi connectivity index (χ0) is 16.4. The summed E-state index contributed by atoms with van der Waals surface area (Å²) >= 11 is 0. The minimum absolute atomic E-state index is 0.0243. The number of fused-ring (bicyclic) bond motifs is 4. The first-order chi connectivity index (χ1) is 10.8. The first-order valence-corrected chi connectivity index (χ1v) is 8.45. The number of carbonyl (C=O) groups excluding carboxylic acids is 1. The topological polar surface area (TPSA) is 35.5 Å². The van der Waals surface area contributed by atoms with Gasteiger partial charge in [-0.25, -0.2) is 0 Å². The largest absolute Gasteiger partial charge is 0.493 e. The number of benzene rings is 1. The van der Waals surface area contributed by atoms with Gasteiger partial charge in [0.25, 0.3) is 0 Å². The van der Waals surface area contributed by atoms with E-state index in [1.807, 2.05) is 18.2 Å². The van der Waals surface area contributed by atoms with Crippen LogP contribution in [-0.4, -0.2) is 18.0 Å². The molecule has 122 valence electrons. The van der Waals surface area contributed by atoms with Gasteiger partial charge < -0.3 is 9.47 Å². The quantitative estimate of drug-likeness (QED) is 0.719. The van der Waals surface area contributed by atoms with Crippen molar-refractivity contribution in [3.63, 3.8) is 0 Å². The predicted octanol–water partition coefficient (Wildman–Crippen LogP) is 4.23. The highest BCUT2D eigenvalue weighted by molar-refractivity contribution is 5.99. The summed E-state index contributed by atoms with van der Waals surface area (Å²) in [5, 5.41) is 0. The van der Waals surface area contributed by atoms with E-state index >= 15 is 0 Å². The van der Waals surface area contributed by atoms with Gasteiger partial charge >= 0.3 is 0 Å². The molecule has 0 saturated heterocycles. The molecule has 3 aliphatic rings. The molecular formula is C20H24O3. The van der Waals surface area contributed by atoms with Crippen molar-refractivity contribution in [3.8, 4) is 5.75 Å². The minimum Gasteiger partial charge on any atom is -0.493 e. The summed E-state index contributed by atoms with van der Waals surface area (Å²) in [7, 11) is 0. The van der Waals surface area contributed by atoms with Gasteiger partial charge in [-0.15, -0.1) is 0 Å². The van der Waals surface area contributed by atoms with Gasteiger partial charge in [0.05, 0.1) is 6.61 Å². The summed E-state index contributed by atoms with van der Waals surface area (Å²) in [6.45, 7) is 9.14. The third-order valence-corrected chi connectivity index (χ3v) is 5.54. The van der Waals surface area contributed by atoms with Crippen LogP contribution in [0.5, 0.6) is 5.75 Å². The summed E-state index contributed by atoms with van der Waals surface area (Å²) < 4.78 is 12.3. The molecule has 0 fully saturated rings. The van der Waals surface area contributed by atoms with Crippen molar-refractivity contribution in [2.75, 3.05) is 6.61 Å². The number of rotatable bonds is 0. The Bertz CT molecular complexity index is 711. The Hall–Kier alpha value is -1.77. The average molecular weight is 312 g/mol. The summed E-state index contributed by atoms with van der Waals surface area (Å²) in [6, 6.07) is 8.13. The van der Waals surface area contributed by atoms with E-state index in [1.54, 1.807) is 0 Å². The van der Waals surface area contributed by atoms with E-state index in [-0.39, 0.29) is 28.6 Å². The van der Waals surface area contributed by atoms with E-state index in [2.05, 4.69) is 33.8 Å². The maximum absolute atomic E-state index is 12.9. The molecule has 3 nitrogen and oxygen atoms in total. The van der Waals surface area contributed by atoms with Crippen LogP contribution >= 0.6 is 0 Å². The predicted molar refractivity (Wildman–Crippen MR) is 88.4 cm³/mol. The van der Waals surface area contributed by atoms with Crippen LogP contribution in [0.25, 0.3) is 0 Å². The van der Waals surface area contributed by atoms with Crippen LogP contribution in [0.2, 0.25) is 0 Å².